The molecule has 0 unspecified atom stereocenters. The van der Waals surface area contributed by atoms with E-state index in [0.29, 0.717) is 17.9 Å². The number of urea groups is 1. The van der Waals surface area contributed by atoms with Crippen LogP contribution in [0.4, 0.5) is 18.7 Å². The Morgan fingerprint density at radius 1 is 1.53 bits per heavy atom. The largest absolute Gasteiger partial charge is 0.336 e. The molecule has 0 aromatic carbocycles. The normalized spacial score (nSPS) is 22.7. The van der Waals surface area contributed by atoms with Crippen LogP contribution in [0.5, 0.6) is 0 Å². The zero-order valence-corrected chi connectivity index (χ0v) is 11.9. The number of alkyl halides is 2. The lowest BCUT2D eigenvalue weighted by Crippen LogP contribution is -2.39. The molecule has 0 spiro atoms. The lowest BCUT2D eigenvalue weighted by molar-refractivity contribution is 0.150. The maximum Gasteiger partial charge on any atom is 0.321 e. The number of hydrogen-bond acceptors (Lipinski definition) is 5. The summed E-state index contributed by atoms with van der Waals surface area (Å²) >= 11 is 2.51. The van der Waals surface area contributed by atoms with Crippen LogP contribution in [-0.4, -0.2) is 33.3 Å². The van der Waals surface area contributed by atoms with Crippen LogP contribution in [0.25, 0.3) is 0 Å². The second-order valence-electron chi connectivity index (χ2n) is 4.46. The lowest BCUT2D eigenvalue weighted by atomic mass is 10.1. The van der Waals surface area contributed by atoms with Gasteiger partial charge < -0.3 is 5.32 Å². The van der Waals surface area contributed by atoms with Crippen molar-refractivity contribution in [3.05, 3.63) is 5.01 Å². The van der Waals surface area contributed by atoms with Gasteiger partial charge in [0.05, 0.1) is 0 Å². The number of carbonyl (C=O) groups excluding carboxylic acids is 1. The van der Waals surface area contributed by atoms with Crippen molar-refractivity contribution in [2.45, 2.75) is 30.9 Å². The quantitative estimate of drug-likeness (QED) is 0.897. The smallest absolute Gasteiger partial charge is 0.321 e. The third kappa shape index (κ3) is 4.00. The van der Waals surface area contributed by atoms with Crippen molar-refractivity contribution in [3.8, 4) is 0 Å². The number of halogens is 2. The van der Waals surface area contributed by atoms with Crippen molar-refractivity contribution in [2.24, 2.45) is 0 Å². The van der Waals surface area contributed by atoms with E-state index in [0.717, 1.165) is 18.6 Å². The number of amides is 2. The Kier molecular flexibility index (Phi) is 4.56. The van der Waals surface area contributed by atoms with Gasteiger partial charge in [0.25, 0.3) is 6.43 Å². The van der Waals surface area contributed by atoms with Gasteiger partial charge in [0, 0.05) is 11.3 Å². The van der Waals surface area contributed by atoms with Gasteiger partial charge in [-0.15, -0.1) is 10.2 Å². The molecule has 1 saturated heterocycles. The van der Waals surface area contributed by atoms with Crippen LogP contribution in [0.1, 0.15) is 31.2 Å². The molecule has 1 aliphatic rings. The molecule has 106 valence electrons. The molecule has 2 N–H and O–H groups in total. The number of thioether (sulfide) groups is 1. The van der Waals surface area contributed by atoms with Crippen molar-refractivity contribution in [1.82, 2.24) is 15.5 Å². The van der Waals surface area contributed by atoms with Gasteiger partial charge in [-0.05, 0) is 25.5 Å². The fraction of sp³-hybridized carbons (Fsp3) is 0.700. The molecule has 1 fully saturated rings. The summed E-state index contributed by atoms with van der Waals surface area (Å²) in [7, 11) is 0. The first-order chi connectivity index (χ1) is 8.98. The van der Waals surface area contributed by atoms with Gasteiger partial charge in [-0.1, -0.05) is 11.3 Å². The summed E-state index contributed by atoms with van der Waals surface area (Å²) in [6.45, 7) is 2.65. The maximum absolute atomic E-state index is 12.3. The molecule has 2 heterocycles. The highest BCUT2D eigenvalue weighted by atomic mass is 32.2. The second kappa shape index (κ2) is 6.00. The molecule has 9 heteroatoms. The molecule has 19 heavy (non-hydrogen) atoms. The number of nitrogens with zero attached hydrogens (tertiary/aromatic N) is 2. The highest BCUT2D eigenvalue weighted by molar-refractivity contribution is 8.00. The van der Waals surface area contributed by atoms with E-state index in [1.54, 1.807) is 0 Å². The van der Waals surface area contributed by atoms with Crippen LogP contribution in [0, 0.1) is 0 Å². The van der Waals surface area contributed by atoms with Crippen LogP contribution in [0.3, 0.4) is 0 Å². The number of rotatable bonds is 4. The Bertz CT molecular complexity index is 448. The average Bonchev–Trinajstić information content (AvgIpc) is 2.97. The summed E-state index contributed by atoms with van der Waals surface area (Å²) < 4.78 is 24.7. The minimum absolute atomic E-state index is 0.0621. The molecule has 0 aliphatic carbocycles. The first-order valence-electron chi connectivity index (χ1n) is 5.79. The summed E-state index contributed by atoms with van der Waals surface area (Å²) in [4.78, 5) is 11.6. The zero-order chi connectivity index (χ0) is 13.9. The molecule has 1 aromatic heterocycles. The van der Waals surface area contributed by atoms with E-state index in [2.05, 4.69) is 27.8 Å². The Labute approximate surface area is 117 Å². The average molecular weight is 308 g/mol. The van der Waals surface area contributed by atoms with E-state index >= 15 is 0 Å². The third-order valence-corrected chi connectivity index (χ3v) is 5.16. The Hall–Kier alpha value is -0.960. The third-order valence-electron chi connectivity index (χ3n) is 2.77. The van der Waals surface area contributed by atoms with Gasteiger partial charge in [0.2, 0.25) is 5.13 Å². The predicted octanol–water partition coefficient (Wildman–Crippen LogP) is 2.88. The molecular formula is C10H14F2N4OS2. The van der Waals surface area contributed by atoms with Gasteiger partial charge in [-0.2, -0.15) is 11.8 Å². The van der Waals surface area contributed by atoms with Gasteiger partial charge >= 0.3 is 6.03 Å². The van der Waals surface area contributed by atoms with E-state index < -0.39 is 17.5 Å². The Morgan fingerprint density at radius 3 is 2.89 bits per heavy atom. The minimum Gasteiger partial charge on any atom is -0.336 e. The van der Waals surface area contributed by atoms with E-state index in [4.69, 9.17) is 0 Å². The van der Waals surface area contributed by atoms with Crippen LogP contribution in [-0.2, 0) is 0 Å². The SMILES string of the molecule is C[C@]1(CNC(=O)Nc2nnc(C(F)F)s2)CCCS1. The highest BCUT2D eigenvalue weighted by Crippen LogP contribution is 2.36. The van der Waals surface area contributed by atoms with Crippen LogP contribution < -0.4 is 10.6 Å². The first kappa shape index (κ1) is 14.4. The topological polar surface area (TPSA) is 66.9 Å². The van der Waals surface area contributed by atoms with Crippen molar-refractivity contribution < 1.29 is 13.6 Å². The molecule has 1 aromatic rings. The fourth-order valence-corrected chi connectivity index (χ4v) is 3.60. The number of aromatic nitrogens is 2. The molecule has 2 rings (SSSR count). The first-order valence-corrected chi connectivity index (χ1v) is 7.59. The number of hydrogen-bond donors (Lipinski definition) is 2. The molecule has 2 amide bonds. The predicted molar refractivity (Wildman–Crippen MR) is 72.0 cm³/mol. The standard InChI is InChI=1S/C10H14F2N4OS2/c1-10(3-2-4-18-10)5-13-8(17)14-9-16-15-7(19-9)6(11)12/h6H,2-5H2,1H3,(H2,13,14,16,17)/t10-/m1/s1. The van der Waals surface area contributed by atoms with E-state index in [9.17, 15) is 13.6 Å². The van der Waals surface area contributed by atoms with Crippen LogP contribution >= 0.6 is 23.1 Å². The minimum atomic E-state index is -2.66. The molecule has 0 saturated carbocycles. The Morgan fingerprint density at radius 2 is 2.32 bits per heavy atom. The van der Waals surface area contributed by atoms with E-state index in [1.807, 2.05) is 11.8 Å². The molecule has 1 atom stereocenters. The number of nitrogens with one attached hydrogen (secondary N) is 2. The molecule has 0 radical (unpaired) electrons. The summed E-state index contributed by atoms with van der Waals surface area (Å²) in [6.07, 6.45) is -0.449. The van der Waals surface area contributed by atoms with Crippen molar-refractivity contribution in [2.75, 3.05) is 17.6 Å². The van der Waals surface area contributed by atoms with Crippen molar-refractivity contribution >= 4 is 34.3 Å². The van der Waals surface area contributed by atoms with Crippen LogP contribution in [0.15, 0.2) is 0 Å². The van der Waals surface area contributed by atoms with Crippen molar-refractivity contribution in [3.63, 3.8) is 0 Å². The summed E-state index contributed by atoms with van der Waals surface area (Å²) in [5, 5.41) is 11.6. The van der Waals surface area contributed by atoms with Gasteiger partial charge in [0.15, 0.2) is 5.01 Å². The van der Waals surface area contributed by atoms with E-state index in [1.165, 1.54) is 0 Å². The highest BCUT2D eigenvalue weighted by Gasteiger charge is 2.29. The van der Waals surface area contributed by atoms with Gasteiger partial charge in [-0.25, -0.2) is 13.6 Å². The van der Waals surface area contributed by atoms with Crippen molar-refractivity contribution in [1.29, 1.82) is 0 Å². The zero-order valence-electron chi connectivity index (χ0n) is 10.3. The summed E-state index contributed by atoms with van der Waals surface area (Å²) in [5.41, 5.74) is 0. The molecule has 1 aliphatic heterocycles. The molecular weight excluding hydrogens is 294 g/mol. The Balaban J connectivity index is 1.80. The van der Waals surface area contributed by atoms with Gasteiger partial charge in [0.1, 0.15) is 0 Å². The fourth-order valence-electron chi connectivity index (χ4n) is 1.76. The molecule has 0 bridgehead atoms. The summed E-state index contributed by atoms with van der Waals surface area (Å²) in [6, 6.07) is -0.439. The second-order valence-corrected chi connectivity index (χ2v) is 7.15. The number of anilines is 1. The number of carbonyl (C=O) groups is 1. The van der Waals surface area contributed by atoms with Gasteiger partial charge in [-0.3, -0.25) is 5.32 Å². The van der Waals surface area contributed by atoms with Crippen LogP contribution in [0.2, 0.25) is 0 Å². The summed E-state index contributed by atoms with van der Waals surface area (Å²) in [5.74, 6) is 1.11. The monoisotopic (exact) mass is 308 g/mol. The lowest BCUT2D eigenvalue weighted by Gasteiger charge is -2.22. The van der Waals surface area contributed by atoms with E-state index in [-0.39, 0.29) is 9.88 Å². The maximum atomic E-state index is 12.3. The molecule has 5 nitrogen and oxygen atoms in total.